The molecule has 0 unspecified atom stereocenters. The van der Waals surface area contributed by atoms with Crippen molar-refractivity contribution in [2.75, 3.05) is 6.61 Å². The van der Waals surface area contributed by atoms with E-state index in [-0.39, 0.29) is 11.9 Å². The topological polar surface area (TPSA) is 26.3 Å². The van der Waals surface area contributed by atoms with Crippen LogP contribution in [-0.2, 0) is 9.53 Å². The van der Waals surface area contributed by atoms with Crippen LogP contribution in [0.3, 0.4) is 0 Å². The summed E-state index contributed by atoms with van der Waals surface area (Å²) in [4.78, 5) is 11.2. The maximum Gasteiger partial charge on any atom is 0.309 e. The standard InChI is InChI=1S/C10H18O2/c1-4-12-10(11)9-6-8(9)5-7(2)3/h7-9H,4-6H2,1-3H3/t8-,9+/m0/s1. The molecule has 0 saturated heterocycles. The lowest BCUT2D eigenvalue weighted by Crippen LogP contribution is -2.08. The van der Waals surface area contributed by atoms with E-state index in [2.05, 4.69) is 13.8 Å². The Hall–Kier alpha value is -0.530. The fourth-order valence-electron chi connectivity index (χ4n) is 1.65. The normalized spacial score (nSPS) is 27.3. The van der Waals surface area contributed by atoms with Crippen molar-refractivity contribution in [3.8, 4) is 0 Å². The van der Waals surface area contributed by atoms with Gasteiger partial charge < -0.3 is 4.74 Å². The highest BCUT2D eigenvalue weighted by Gasteiger charge is 2.43. The summed E-state index contributed by atoms with van der Waals surface area (Å²) in [5.41, 5.74) is 0. The Kier molecular flexibility index (Phi) is 3.12. The molecule has 0 aliphatic heterocycles. The van der Waals surface area contributed by atoms with Crippen LogP contribution in [0, 0.1) is 17.8 Å². The van der Waals surface area contributed by atoms with Crippen molar-refractivity contribution >= 4 is 5.97 Å². The van der Waals surface area contributed by atoms with E-state index in [0.29, 0.717) is 18.4 Å². The zero-order valence-corrected chi connectivity index (χ0v) is 8.17. The Bertz CT molecular complexity index is 163. The lowest BCUT2D eigenvalue weighted by atomic mass is 10.1. The van der Waals surface area contributed by atoms with Crippen LogP contribution in [0.25, 0.3) is 0 Å². The van der Waals surface area contributed by atoms with Crippen LogP contribution in [-0.4, -0.2) is 12.6 Å². The zero-order valence-electron chi connectivity index (χ0n) is 8.17. The first-order valence-corrected chi connectivity index (χ1v) is 4.81. The van der Waals surface area contributed by atoms with Crippen LogP contribution in [0.2, 0.25) is 0 Å². The molecule has 12 heavy (non-hydrogen) atoms. The maximum absolute atomic E-state index is 11.2. The highest BCUT2D eigenvalue weighted by molar-refractivity contribution is 5.75. The molecule has 2 heteroatoms. The Labute approximate surface area is 74.3 Å². The zero-order chi connectivity index (χ0) is 9.14. The highest BCUT2D eigenvalue weighted by atomic mass is 16.5. The first-order valence-electron chi connectivity index (χ1n) is 4.81. The van der Waals surface area contributed by atoms with E-state index in [4.69, 9.17) is 4.74 Å². The average Bonchev–Trinajstić information content (AvgIpc) is 2.67. The molecule has 0 bridgehead atoms. The van der Waals surface area contributed by atoms with E-state index in [1.54, 1.807) is 0 Å². The summed E-state index contributed by atoms with van der Waals surface area (Å²) in [6.45, 7) is 6.77. The van der Waals surface area contributed by atoms with Crippen LogP contribution in [0.15, 0.2) is 0 Å². The molecule has 0 aromatic rings. The number of ether oxygens (including phenoxy) is 1. The molecule has 2 atom stereocenters. The van der Waals surface area contributed by atoms with Crippen molar-refractivity contribution in [1.82, 2.24) is 0 Å². The maximum atomic E-state index is 11.2. The van der Waals surface area contributed by atoms with Crippen LogP contribution in [0.1, 0.15) is 33.6 Å². The van der Waals surface area contributed by atoms with Crippen molar-refractivity contribution in [3.05, 3.63) is 0 Å². The molecule has 0 radical (unpaired) electrons. The molecule has 1 fully saturated rings. The van der Waals surface area contributed by atoms with Gasteiger partial charge in [0, 0.05) is 0 Å². The molecule has 1 rings (SSSR count). The molecule has 0 N–H and O–H groups in total. The van der Waals surface area contributed by atoms with E-state index in [1.807, 2.05) is 6.92 Å². The van der Waals surface area contributed by atoms with Gasteiger partial charge >= 0.3 is 5.97 Å². The summed E-state index contributed by atoms with van der Waals surface area (Å²) >= 11 is 0. The Morgan fingerprint density at radius 3 is 2.75 bits per heavy atom. The second-order valence-electron chi connectivity index (χ2n) is 3.98. The van der Waals surface area contributed by atoms with E-state index in [0.717, 1.165) is 6.42 Å². The van der Waals surface area contributed by atoms with Gasteiger partial charge in [0.25, 0.3) is 0 Å². The predicted octanol–water partition coefficient (Wildman–Crippen LogP) is 2.23. The number of hydrogen-bond acceptors (Lipinski definition) is 2. The van der Waals surface area contributed by atoms with Crippen LogP contribution >= 0.6 is 0 Å². The minimum absolute atomic E-state index is 0.0168. The van der Waals surface area contributed by atoms with Gasteiger partial charge in [0.2, 0.25) is 0 Å². The van der Waals surface area contributed by atoms with Crippen LogP contribution < -0.4 is 0 Å². The van der Waals surface area contributed by atoms with Gasteiger partial charge in [-0.25, -0.2) is 0 Å². The Balaban J connectivity index is 2.18. The minimum Gasteiger partial charge on any atom is -0.466 e. The molecule has 0 heterocycles. The second-order valence-corrected chi connectivity index (χ2v) is 3.98. The molecule has 2 nitrogen and oxygen atoms in total. The molecule has 1 aliphatic rings. The van der Waals surface area contributed by atoms with Crippen molar-refractivity contribution in [2.45, 2.75) is 33.6 Å². The lowest BCUT2D eigenvalue weighted by molar-refractivity contribution is -0.145. The first-order chi connectivity index (χ1) is 5.65. The number of rotatable bonds is 4. The van der Waals surface area contributed by atoms with Crippen LogP contribution in [0.5, 0.6) is 0 Å². The van der Waals surface area contributed by atoms with E-state index < -0.39 is 0 Å². The van der Waals surface area contributed by atoms with E-state index in [1.165, 1.54) is 6.42 Å². The average molecular weight is 170 g/mol. The quantitative estimate of drug-likeness (QED) is 0.605. The molecule has 0 amide bonds. The van der Waals surface area contributed by atoms with E-state index >= 15 is 0 Å². The number of esters is 1. The third kappa shape index (κ3) is 2.50. The van der Waals surface area contributed by atoms with Crippen molar-refractivity contribution in [2.24, 2.45) is 17.8 Å². The SMILES string of the molecule is CCOC(=O)[C@@H]1C[C@@H]1CC(C)C. The summed E-state index contributed by atoms with van der Waals surface area (Å²) in [6.07, 6.45) is 2.22. The third-order valence-electron chi connectivity index (χ3n) is 2.29. The van der Waals surface area contributed by atoms with Gasteiger partial charge in [-0.2, -0.15) is 0 Å². The Morgan fingerprint density at radius 2 is 2.25 bits per heavy atom. The van der Waals surface area contributed by atoms with Gasteiger partial charge in [0.05, 0.1) is 12.5 Å². The monoisotopic (exact) mass is 170 g/mol. The molecule has 1 saturated carbocycles. The second kappa shape index (κ2) is 3.92. The summed E-state index contributed by atoms with van der Waals surface area (Å²) in [6, 6.07) is 0. The van der Waals surface area contributed by atoms with Crippen LogP contribution in [0.4, 0.5) is 0 Å². The third-order valence-corrected chi connectivity index (χ3v) is 2.29. The van der Waals surface area contributed by atoms with Gasteiger partial charge in [0.1, 0.15) is 0 Å². The number of hydrogen-bond donors (Lipinski definition) is 0. The van der Waals surface area contributed by atoms with Crippen molar-refractivity contribution in [1.29, 1.82) is 0 Å². The smallest absolute Gasteiger partial charge is 0.309 e. The molecule has 70 valence electrons. The molecule has 0 aromatic carbocycles. The van der Waals surface area contributed by atoms with Gasteiger partial charge in [-0.3, -0.25) is 4.79 Å². The molecular weight excluding hydrogens is 152 g/mol. The minimum atomic E-state index is 0.0168. The fourth-order valence-corrected chi connectivity index (χ4v) is 1.65. The first kappa shape index (κ1) is 9.56. The summed E-state index contributed by atoms with van der Waals surface area (Å²) in [5.74, 6) is 1.56. The number of carbonyl (C=O) groups excluding carboxylic acids is 1. The molecule has 1 aliphatic carbocycles. The molecule has 0 aromatic heterocycles. The van der Waals surface area contributed by atoms with Gasteiger partial charge in [-0.1, -0.05) is 13.8 Å². The van der Waals surface area contributed by atoms with Crippen molar-refractivity contribution in [3.63, 3.8) is 0 Å². The Morgan fingerprint density at radius 1 is 1.58 bits per heavy atom. The molecule has 0 spiro atoms. The lowest BCUT2D eigenvalue weighted by Gasteiger charge is -2.03. The fraction of sp³-hybridized carbons (Fsp3) is 0.900. The summed E-state index contributed by atoms with van der Waals surface area (Å²) in [7, 11) is 0. The van der Waals surface area contributed by atoms with E-state index in [9.17, 15) is 4.79 Å². The number of carbonyl (C=O) groups is 1. The largest absolute Gasteiger partial charge is 0.466 e. The summed E-state index contributed by atoms with van der Waals surface area (Å²) < 4.78 is 4.94. The van der Waals surface area contributed by atoms with Gasteiger partial charge in [-0.05, 0) is 31.6 Å². The van der Waals surface area contributed by atoms with Gasteiger partial charge in [-0.15, -0.1) is 0 Å². The molecular formula is C10H18O2. The van der Waals surface area contributed by atoms with Crippen molar-refractivity contribution < 1.29 is 9.53 Å². The summed E-state index contributed by atoms with van der Waals surface area (Å²) in [5, 5.41) is 0. The van der Waals surface area contributed by atoms with Gasteiger partial charge in [0.15, 0.2) is 0 Å². The predicted molar refractivity (Wildman–Crippen MR) is 47.7 cm³/mol. The highest BCUT2D eigenvalue weighted by Crippen LogP contribution is 2.43.